The fourth-order valence-electron chi connectivity index (χ4n) is 5.04. The minimum absolute atomic E-state index is 0.141. The first kappa shape index (κ1) is 35.5. The summed E-state index contributed by atoms with van der Waals surface area (Å²) < 4.78 is 5.59. The van der Waals surface area contributed by atoms with Gasteiger partial charge in [-0.1, -0.05) is 47.0 Å². The van der Waals surface area contributed by atoms with Crippen molar-refractivity contribution in [3.05, 3.63) is 59.0 Å². The number of benzene rings is 1. The SMILES string of the molecule is CCCC.CCCCN(C[C@H](C)c1cc(N2CCCCC2)ccc1C#N)/N=C(\C)c1ccc(N(C)/C=C(/C)N)c(OC)n1. The van der Waals surface area contributed by atoms with Crippen LogP contribution in [0.4, 0.5) is 11.4 Å². The molecule has 1 aromatic carbocycles. The minimum Gasteiger partial charge on any atom is -0.479 e. The quantitative estimate of drug-likeness (QED) is 0.189. The number of nitrogens with two attached hydrogens (primary N) is 1. The Kier molecular flexibility index (Phi) is 15.5. The Hall–Kier alpha value is -3.73. The summed E-state index contributed by atoms with van der Waals surface area (Å²) >= 11 is 0. The van der Waals surface area contributed by atoms with Gasteiger partial charge in [-0.2, -0.15) is 10.4 Å². The molecule has 0 unspecified atom stereocenters. The summed E-state index contributed by atoms with van der Waals surface area (Å²) in [6, 6.07) is 12.7. The summed E-state index contributed by atoms with van der Waals surface area (Å²) in [6.07, 6.45) is 10.3. The van der Waals surface area contributed by atoms with Gasteiger partial charge >= 0.3 is 0 Å². The fraction of sp³-hybridized carbons (Fsp3) is 0.571. The molecule has 236 valence electrons. The third-order valence-electron chi connectivity index (χ3n) is 7.64. The van der Waals surface area contributed by atoms with Crippen LogP contribution in [0.15, 0.2) is 47.3 Å². The maximum atomic E-state index is 9.86. The van der Waals surface area contributed by atoms with E-state index in [0.717, 1.165) is 60.7 Å². The molecular formula is C35H55N7O. The monoisotopic (exact) mass is 589 g/mol. The van der Waals surface area contributed by atoms with Crippen molar-refractivity contribution in [1.29, 1.82) is 5.26 Å². The number of ether oxygens (including phenoxy) is 1. The van der Waals surface area contributed by atoms with Crippen LogP contribution >= 0.6 is 0 Å². The van der Waals surface area contributed by atoms with Gasteiger partial charge in [0.15, 0.2) is 0 Å². The highest BCUT2D eigenvalue weighted by Crippen LogP contribution is 2.29. The molecule has 3 rings (SSSR count). The van der Waals surface area contributed by atoms with Gasteiger partial charge in [0.1, 0.15) is 5.69 Å². The van der Waals surface area contributed by atoms with Crippen molar-refractivity contribution in [2.24, 2.45) is 10.8 Å². The molecule has 8 nitrogen and oxygen atoms in total. The zero-order valence-corrected chi connectivity index (χ0v) is 28.0. The highest BCUT2D eigenvalue weighted by molar-refractivity contribution is 5.97. The number of unbranched alkanes of at least 4 members (excludes halogenated alkanes) is 2. The van der Waals surface area contributed by atoms with Gasteiger partial charge in [-0.25, -0.2) is 4.98 Å². The molecule has 0 amide bonds. The molecule has 0 spiro atoms. The third-order valence-corrected chi connectivity index (χ3v) is 7.64. The summed E-state index contributed by atoms with van der Waals surface area (Å²) in [4.78, 5) is 9.09. The average molecular weight is 590 g/mol. The summed E-state index contributed by atoms with van der Waals surface area (Å²) in [5.41, 5.74) is 12.0. The van der Waals surface area contributed by atoms with E-state index in [0.29, 0.717) is 18.1 Å². The Bertz CT molecular complexity index is 1220. The number of rotatable bonds is 13. The smallest absolute Gasteiger partial charge is 0.238 e. The molecule has 43 heavy (non-hydrogen) atoms. The first-order valence-electron chi connectivity index (χ1n) is 16.0. The van der Waals surface area contributed by atoms with E-state index in [2.05, 4.69) is 55.8 Å². The maximum Gasteiger partial charge on any atom is 0.238 e. The standard InChI is InChI=1S/C31H45N7O.C4H10/c1-7-8-18-38(35-25(4)29-14-15-30(31(34-29)39-6)36(5)22-24(3)33)21-23(2)28-19-27(13-12-26(28)20-32)37-16-10-9-11-17-37;1-3-4-2/h12-15,19,22-23H,7-11,16-18,21,33H2,1-6H3;3-4H2,1-2H3/b24-22-,35-25+;/t23-;/m0./s1. The van der Waals surface area contributed by atoms with E-state index < -0.39 is 0 Å². The second-order valence-corrected chi connectivity index (χ2v) is 11.5. The van der Waals surface area contributed by atoms with Crippen molar-refractivity contribution in [3.63, 3.8) is 0 Å². The molecular weight excluding hydrogens is 534 g/mol. The molecule has 0 bridgehead atoms. The van der Waals surface area contributed by atoms with Crippen LogP contribution in [0, 0.1) is 11.3 Å². The third kappa shape index (κ3) is 11.1. The molecule has 0 saturated carbocycles. The van der Waals surface area contributed by atoms with Crippen LogP contribution in [0.2, 0.25) is 0 Å². The van der Waals surface area contributed by atoms with E-state index in [1.54, 1.807) is 7.11 Å². The predicted molar refractivity (Wildman–Crippen MR) is 182 cm³/mol. The lowest BCUT2D eigenvalue weighted by molar-refractivity contribution is 0.269. The molecule has 0 radical (unpaired) electrons. The summed E-state index contributed by atoms with van der Waals surface area (Å²) in [6.45, 7) is 16.3. The van der Waals surface area contributed by atoms with E-state index in [4.69, 9.17) is 20.6 Å². The molecule has 2 heterocycles. The van der Waals surface area contributed by atoms with Crippen LogP contribution in [-0.4, -0.2) is 56.0 Å². The van der Waals surface area contributed by atoms with Crippen molar-refractivity contribution in [2.45, 2.75) is 92.4 Å². The zero-order valence-electron chi connectivity index (χ0n) is 28.0. The number of allylic oxidation sites excluding steroid dienone is 1. The average Bonchev–Trinajstić information content (AvgIpc) is 3.02. The first-order chi connectivity index (χ1) is 20.7. The Morgan fingerprint density at radius 3 is 2.40 bits per heavy atom. The van der Waals surface area contributed by atoms with Crippen LogP contribution in [0.5, 0.6) is 5.88 Å². The molecule has 8 heteroatoms. The molecule has 1 aliphatic heterocycles. The number of piperidine rings is 1. The van der Waals surface area contributed by atoms with Crippen LogP contribution in [-0.2, 0) is 0 Å². The van der Waals surface area contributed by atoms with Crippen molar-refractivity contribution in [1.82, 2.24) is 9.99 Å². The Morgan fingerprint density at radius 1 is 1.12 bits per heavy atom. The molecule has 0 aliphatic carbocycles. The number of nitrogens with zero attached hydrogens (tertiary/aromatic N) is 6. The largest absolute Gasteiger partial charge is 0.479 e. The van der Waals surface area contributed by atoms with E-state index in [1.165, 1.54) is 37.8 Å². The van der Waals surface area contributed by atoms with Crippen molar-refractivity contribution >= 4 is 17.1 Å². The van der Waals surface area contributed by atoms with Gasteiger partial charge in [-0.3, -0.25) is 5.01 Å². The Labute approximate surface area is 261 Å². The normalized spacial score (nSPS) is 14.3. The number of hydrazone groups is 1. The number of anilines is 2. The summed E-state index contributed by atoms with van der Waals surface area (Å²) in [7, 11) is 3.54. The minimum atomic E-state index is 0.141. The second-order valence-electron chi connectivity index (χ2n) is 11.5. The maximum absolute atomic E-state index is 9.86. The topological polar surface area (TPSA) is 94.0 Å². The lowest BCUT2D eigenvalue weighted by Crippen LogP contribution is -2.30. The highest BCUT2D eigenvalue weighted by Gasteiger charge is 2.19. The molecule has 1 aliphatic rings. The molecule has 1 aromatic heterocycles. The van der Waals surface area contributed by atoms with Crippen LogP contribution < -0.4 is 20.3 Å². The van der Waals surface area contributed by atoms with Gasteiger partial charge < -0.3 is 20.3 Å². The Balaban J connectivity index is 0.00000151. The molecule has 2 aromatic rings. The van der Waals surface area contributed by atoms with E-state index >= 15 is 0 Å². The number of aromatic nitrogens is 1. The van der Waals surface area contributed by atoms with Crippen LogP contribution in [0.1, 0.15) is 109 Å². The summed E-state index contributed by atoms with van der Waals surface area (Å²) in [5.74, 6) is 0.659. The number of hydrogen-bond donors (Lipinski definition) is 1. The van der Waals surface area contributed by atoms with Crippen molar-refractivity contribution in [3.8, 4) is 11.9 Å². The first-order valence-corrected chi connectivity index (χ1v) is 16.0. The van der Waals surface area contributed by atoms with Crippen molar-refractivity contribution in [2.75, 3.05) is 50.1 Å². The van der Waals surface area contributed by atoms with Gasteiger partial charge in [-0.15, -0.1) is 0 Å². The molecule has 1 saturated heterocycles. The van der Waals surface area contributed by atoms with Crippen molar-refractivity contribution < 1.29 is 4.74 Å². The molecule has 1 atom stereocenters. The van der Waals surface area contributed by atoms with Gasteiger partial charge in [0.25, 0.3) is 0 Å². The lowest BCUT2D eigenvalue weighted by atomic mass is 9.94. The summed E-state index contributed by atoms with van der Waals surface area (Å²) in [5, 5.41) is 17.0. The second kappa shape index (κ2) is 18.7. The van der Waals surface area contributed by atoms with Gasteiger partial charge in [0, 0.05) is 56.7 Å². The number of nitriles is 1. The number of methoxy groups -OCH3 is 1. The van der Waals surface area contributed by atoms with Gasteiger partial charge in [-0.05, 0) is 75.4 Å². The van der Waals surface area contributed by atoms with Crippen LogP contribution in [0.3, 0.4) is 0 Å². The Morgan fingerprint density at radius 2 is 1.81 bits per heavy atom. The predicted octanol–water partition coefficient (Wildman–Crippen LogP) is 7.64. The lowest BCUT2D eigenvalue weighted by Gasteiger charge is -2.30. The highest BCUT2D eigenvalue weighted by atomic mass is 16.5. The van der Waals surface area contributed by atoms with Gasteiger partial charge in [0.05, 0.1) is 30.1 Å². The van der Waals surface area contributed by atoms with Gasteiger partial charge in [0.2, 0.25) is 5.88 Å². The molecule has 2 N–H and O–H groups in total. The number of pyridine rings is 1. The van der Waals surface area contributed by atoms with E-state index in [-0.39, 0.29) is 5.92 Å². The van der Waals surface area contributed by atoms with E-state index in [9.17, 15) is 5.26 Å². The van der Waals surface area contributed by atoms with Crippen LogP contribution in [0.25, 0.3) is 0 Å². The van der Waals surface area contributed by atoms with E-state index in [1.807, 2.05) is 50.2 Å². The fourth-order valence-corrected chi connectivity index (χ4v) is 5.04. The zero-order chi connectivity index (χ0) is 31.8. The number of hydrogen-bond acceptors (Lipinski definition) is 8. The molecule has 1 fully saturated rings.